The summed E-state index contributed by atoms with van der Waals surface area (Å²) >= 11 is 0. The van der Waals surface area contributed by atoms with E-state index in [1.54, 1.807) is 30.8 Å². The van der Waals surface area contributed by atoms with Crippen molar-refractivity contribution >= 4 is 5.57 Å². The van der Waals surface area contributed by atoms with Crippen LogP contribution in [0.1, 0.15) is 18.4 Å². The van der Waals surface area contributed by atoms with Gasteiger partial charge in [-0.1, -0.05) is 24.3 Å². The summed E-state index contributed by atoms with van der Waals surface area (Å²) in [4.78, 5) is 4.02. The van der Waals surface area contributed by atoms with E-state index in [4.69, 9.17) is 9.47 Å². The maximum Gasteiger partial charge on any atom is 0.165 e. The molecular weight excluding hydrogens is 276 g/mol. The van der Waals surface area contributed by atoms with Gasteiger partial charge in [-0.2, -0.15) is 5.26 Å². The van der Waals surface area contributed by atoms with Crippen LogP contribution in [0.3, 0.4) is 0 Å². The number of rotatable bonds is 3. The molecule has 0 spiro atoms. The predicted octanol–water partition coefficient (Wildman–Crippen LogP) is 3.99. The van der Waals surface area contributed by atoms with E-state index in [-0.39, 0.29) is 0 Å². The van der Waals surface area contributed by atoms with Gasteiger partial charge in [0.15, 0.2) is 11.5 Å². The number of hydrogen-bond acceptors (Lipinski definition) is 4. The van der Waals surface area contributed by atoms with Crippen LogP contribution >= 0.6 is 0 Å². The third-order valence-electron chi connectivity index (χ3n) is 3.30. The molecule has 4 heteroatoms. The molecule has 0 bridgehead atoms. The molecule has 0 aromatic carbocycles. The first-order valence-corrected chi connectivity index (χ1v) is 6.99. The van der Waals surface area contributed by atoms with Gasteiger partial charge >= 0.3 is 0 Å². The molecule has 2 aliphatic rings. The molecule has 0 saturated heterocycles. The van der Waals surface area contributed by atoms with Crippen LogP contribution in [0.15, 0.2) is 78.4 Å². The van der Waals surface area contributed by atoms with Gasteiger partial charge in [0.05, 0.1) is 11.6 Å². The number of pyridine rings is 1. The van der Waals surface area contributed by atoms with Gasteiger partial charge in [0, 0.05) is 24.0 Å². The molecule has 0 radical (unpaired) electrons. The van der Waals surface area contributed by atoms with E-state index in [0.29, 0.717) is 17.1 Å². The molecule has 1 aliphatic carbocycles. The maximum atomic E-state index is 9.32. The Hall–Kier alpha value is -3.06. The largest absolute Gasteiger partial charge is 0.465 e. The van der Waals surface area contributed by atoms with Gasteiger partial charge < -0.3 is 9.47 Å². The highest BCUT2D eigenvalue weighted by molar-refractivity contribution is 5.77. The van der Waals surface area contributed by atoms with Gasteiger partial charge in [0.25, 0.3) is 0 Å². The fourth-order valence-corrected chi connectivity index (χ4v) is 2.20. The zero-order chi connectivity index (χ0) is 15.2. The van der Waals surface area contributed by atoms with Crippen LogP contribution in [0.5, 0.6) is 0 Å². The Kier molecular flexibility index (Phi) is 4.17. The average molecular weight is 290 g/mol. The third kappa shape index (κ3) is 3.15. The summed E-state index contributed by atoms with van der Waals surface area (Å²) < 4.78 is 11.2. The van der Waals surface area contributed by atoms with E-state index in [0.717, 1.165) is 24.0 Å². The van der Waals surface area contributed by atoms with Crippen molar-refractivity contribution in [2.75, 3.05) is 0 Å². The first kappa shape index (κ1) is 13.9. The third-order valence-corrected chi connectivity index (χ3v) is 3.30. The Labute approximate surface area is 129 Å². The summed E-state index contributed by atoms with van der Waals surface area (Å²) in [5.74, 6) is 1.18. The highest BCUT2D eigenvalue weighted by Gasteiger charge is 2.14. The Morgan fingerprint density at radius 2 is 2.32 bits per heavy atom. The monoisotopic (exact) mass is 290 g/mol. The number of ether oxygens (including phenoxy) is 2. The van der Waals surface area contributed by atoms with Gasteiger partial charge in [-0.05, 0) is 24.5 Å². The van der Waals surface area contributed by atoms with Crippen LogP contribution in [-0.4, -0.2) is 4.98 Å². The SMILES string of the molecule is N#CC(=CC1=COC=C(C2=CC=CCC2)O1)c1cccnc1. The molecule has 3 rings (SSSR count). The molecule has 1 aromatic rings. The lowest BCUT2D eigenvalue weighted by Crippen LogP contribution is -2.03. The van der Waals surface area contributed by atoms with Crippen molar-refractivity contribution in [2.24, 2.45) is 0 Å². The van der Waals surface area contributed by atoms with Gasteiger partial charge in [0.1, 0.15) is 12.5 Å². The fourth-order valence-electron chi connectivity index (χ4n) is 2.20. The molecule has 0 fully saturated rings. The van der Waals surface area contributed by atoms with Crippen molar-refractivity contribution in [1.82, 2.24) is 4.98 Å². The zero-order valence-corrected chi connectivity index (χ0v) is 11.9. The molecule has 22 heavy (non-hydrogen) atoms. The summed E-state index contributed by atoms with van der Waals surface area (Å²) in [5, 5.41) is 9.32. The van der Waals surface area contributed by atoms with Crippen LogP contribution in [-0.2, 0) is 9.47 Å². The normalized spacial score (nSPS) is 17.4. The fraction of sp³-hybridized carbons (Fsp3) is 0.111. The number of nitrogens with zero attached hydrogens (tertiary/aromatic N) is 2. The average Bonchev–Trinajstić information content (AvgIpc) is 2.61. The summed E-state index contributed by atoms with van der Waals surface area (Å²) in [6, 6.07) is 5.78. The van der Waals surface area contributed by atoms with E-state index in [9.17, 15) is 5.26 Å². The van der Waals surface area contributed by atoms with Crippen LogP contribution < -0.4 is 0 Å². The van der Waals surface area contributed by atoms with Crippen molar-refractivity contribution in [3.8, 4) is 6.07 Å². The quantitative estimate of drug-likeness (QED) is 0.790. The van der Waals surface area contributed by atoms with E-state index in [1.165, 1.54) is 6.26 Å². The second-order valence-electron chi connectivity index (χ2n) is 4.81. The standard InChI is InChI=1S/C18H14N2O2/c19-10-16(15-7-4-8-20-11-15)9-17-12-21-13-18(22-17)14-5-2-1-3-6-14/h1-2,4-5,7-9,11-13H,3,6H2. The van der Waals surface area contributed by atoms with Crippen molar-refractivity contribution in [3.05, 3.63) is 84.0 Å². The van der Waals surface area contributed by atoms with E-state index >= 15 is 0 Å². The molecule has 0 saturated carbocycles. The van der Waals surface area contributed by atoms with Crippen molar-refractivity contribution in [2.45, 2.75) is 12.8 Å². The molecule has 0 atom stereocenters. The smallest absolute Gasteiger partial charge is 0.165 e. The maximum absolute atomic E-state index is 9.32. The lowest BCUT2D eigenvalue weighted by atomic mass is 10.0. The second kappa shape index (κ2) is 6.59. The minimum Gasteiger partial charge on any atom is -0.465 e. The summed E-state index contributed by atoms with van der Waals surface area (Å²) in [5.41, 5.74) is 2.30. The van der Waals surface area contributed by atoms with Crippen molar-refractivity contribution < 1.29 is 9.47 Å². The van der Waals surface area contributed by atoms with Crippen LogP contribution in [0.4, 0.5) is 0 Å². The Morgan fingerprint density at radius 1 is 1.36 bits per heavy atom. The lowest BCUT2D eigenvalue weighted by molar-refractivity contribution is 0.240. The highest BCUT2D eigenvalue weighted by Crippen LogP contribution is 2.27. The molecule has 0 unspecified atom stereocenters. The van der Waals surface area contributed by atoms with E-state index in [1.807, 2.05) is 18.2 Å². The molecule has 1 aromatic heterocycles. The number of nitriles is 1. The van der Waals surface area contributed by atoms with E-state index < -0.39 is 0 Å². The van der Waals surface area contributed by atoms with Gasteiger partial charge in [-0.15, -0.1) is 0 Å². The molecule has 108 valence electrons. The Morgan fingerprint density at radius 3 is 3.05 bits per heavy atom. The minimum absolute atomic E-state index is 0.474. The van der Waals surface area contributed by atoms with Gasteiger partial charge in [-0.25, -0.2) is 0 Å². The first-order valence-electron chi connectivity index (χ1n) is 6.99. The molecule has 2 heterocycles. The number of allylic oxidation sites excluding steroid dienone is 6. The molecule has 0 N–H and O–H groups in total. The van der Waals surface area contributed by atoms with Crippen molar-refractivity contribution in [3.63, 3.8) is 0 Å². The topological polar surface area (TPSA) is 55.1 Å². The predicted molar refractivity (Wildman–Crippen MR) is 82.6 cm³/mol. The molecular formula is C18H14N2O2. The summed E-state index contributed by atoms with van der Waals surface area (Å²) in [7, 11) is 0. The Bertz CT molecular complexity index is 747. The first-order chi connectivity index (χ1) is 10.9. The minimum atomic E-state index is 0.474. The number of aromatic nitrogens is 1. The zero-order valence-electron chi connectivity index (χ0n) is 11.9. The van der Waals surface area contributed by atoms with Crippen LogP contribution in [0.2, 0.25) is 0 Å². The van der Waals surface area contributed by atoms with Gasteiger partial charge in [0.2, 0.25) is 0 Å². The Balaban J connectivity index is 1.80. The molecule has 4 nitrogen and oxygen atoms in total. The summed E-state index contributed by atoms with van der Waals surface area (Å²) in [6.07, 6.45) is 16.1. The van der Waals surface area contributed by atoms with E-state index in [2.05, 4.69) is 17.1 Å². The van der Waals surface area contributed by atoms with Gasteiger partial charge in [-0.3, -0.25) is 4.98 Å². The summed E-state index contributed by atoms with van der Waals surface area (Å²) in [6.45, 7) is 0. The molecule has 0 amide bonds. The van der Waals surface area contributed by atoms with Crippen molar-refractivity contribution in [1.29, 1.82) is 5.26 Å². The van der Waals surface area contributed by atoms with Crippen LogP contribution in [0, 0.1) is 11.3 Å². The van der Waals surface area contributed by atoms with Crippen LogP contribution in [0.25, 0.3) is 5.57 Å². The number of hydrogen-bond donors (Lipinski definition) is 0. The second-order valence-corrected chi connectivity index (χ2v) is 4.81. The molecule has 1 aliphatic heterocycles. The highest BCUT2D eigenvalue weighted by atomic mass is 16.5. The lowest BCUT2D eigenvalue weighted by Gasteiger charge is -2.18.